The van der Waals surface area contributed by atoms with Gasteiger partial charge in [-0.2, -0.15) is 0 Å². The van der Waals surface area contributed by atoms with Gasteiger partial charge in [-0.05, 0) is 69.2 Å². The van der Waals surface area contributed by atoms with Crippen LogP contribution in [0.4, 0.5) is 0 Å². The average Bonchev–Trinajstić information content (AvgIpc) is 3.54. The number of likely N-dealkylation sites (tertiary alicyclic amines) is 1. The third-order valence-electron chi connectivity index (χ3n) is 6.82. The molecular formula is C26H32N2O3. The number of ether oxygens (including phenoxy) is 1. The Bertz CT molecular complexity index is 906. The van der Waals surface area contributed by atoms with Gasteiger partial charge in [0, 0.05) is 12.1 Å². The molecule has 164 valence electrons. The molecule has 0 radical (unpaired) electrons. The maximum Gasteiger partial charge on any atom is 0.237 e. The lowest BCUT2D eigenvalue weighted by Crippen LogP contribution is -2.53. The summed E-state index contributed by atoms with van der Waals surface area (Å²) in [6.07, 6.45) is 4.59. The van der Waals surface area contributed by atoms with E-state index in [4.69, 9.17) is 4.74 Å². The SMILES string of the molecule is CC(=O)c1ccc([C@H](C)NC(=O)[C@H]2CC3(CCN2CCOc2ccccc2)CC3)cc1. The van der Waals surface area contributed by atoms with Crippen molar-refractivity contribution in [3.8, 4) is 5.75 Å². The van der Waals surface area contributed by atoms with Crippen molar-refractivity contribution in [1.82, 2.24) is 10.2 Å². The Labute approximate surface area is 184 Å². The number of para-hydroxylation sites is 1. The van der Waals surface area contributed by atoms with Crippen LogP contribution in [0.2, 0.25) is 0 Å². The van der Waals surface area contributed by atoms with Gasteiger partial charge in [-0.15, -0.1) is 0 Å². The Hall–Kier alpha value is -2.66. The first-order valence-electron chi connectivity index (χ1n) is 11.3. The molecule has 2 aromatic rings. The lowest BCUT2D eigenvalue weighted by molar-refractivity contribution is -0.129. The van der Waals surface area contributed by atoms with E-state index in [9.17, 15) is 9.59 Å². The zero-order valence-electron chi connectivity index (χ0n) is 18.5. The Morgan fingerprint density at radius 3 is 2.45 bits per heavy atom. The van der Waals surface area contributed by atoms with Crippen LogP contribution in [0.3, 0.4) is 0 Å². The summed E-state index contributed by atoms with van der Waals surface area (Å²) in [6.45, 7) is 5.82. The van der Waals surface area contributed by atoms with Crippen molar-refractivity contribution in [1.29, 1.82) is 0 Å². The number of rotatable bonds is 8. The Morgan fingerprint density at radius 2 is 1.81 bits per heavy atom. The minimum absolute atomic E-state index is 0.0496. The molecule has 1 spiro atoms. The topological polar surface area (TPSA) is 58.6 Å². The highest BCUT2D eigenvalue weighted by molar-refractivity contribution is 5.94. The fraction of sp³-hybridized carbons (Fsp3) is 0.462. The molecule has 5 nitrogen and oxygen atoms in total. The largest absolute Gasteiger partial charge is 0.492 e. The van der Waals surface area contributed by atoms with E-state index < -0.39 is 0 Å². The van der Waals surface area contributed by atoms with Gasteiger partial charge in [0.15, 0.2) is 5.78 Å². The third-order valence-corrected chi connectivity index (χ3v) is 6.82. The Morgan fingerprint density at radius 1 is 1.10 bits per heavy atom. The summed E-state index contributed by atoms with van der Waals surface area (Å²) < 4.78 is 5.88. The minimum atomic E-state index is -0.116. The van der Waals surface area contributed by atoms with E-state index in [1.54, 1.807) is 6.92 Å². The second-order valence-corrected chi connectivity index (χ2v) is 9.08. The maximum atomic E-state index is 13.3. The quantitative estimate of drug-likeness (QED) is 0.644. The summed E-state index contributed by atoms with van der Waals surface area (Å²) in [7, 11) is 0. The van der Waals surface area contributed by atoms with Crippen molar-refractivity contribution >= 4 is 11.7 Å². The molecule has 0 unspecified atom stereocenters. The molecule has 1 aliphatic carbocycles. The fourth-order valence-electron chi connectivity index (χ4n) is 4.53. The average molecular weight is 421 g/mol. The van der Waals surface area contributed by atoms with Crippen molar-refractivity contribution in [2.24, 2.45) is 5.41 Å². The molecule has 2 fully saturated rings. The van der Waals surface area contributed by atoms with Crippen LogP contribution < -0.4 is 10.1 Å². The molecule has 1 amide bonds. The Kier molecular flexibility index (Phi) is 6.42. The first-order chi connectivity index (χ1) is 15.0. The smallest absolute Gasteiger partial charge is 0.237 e. The highest BCUT2D eigenvalue weighted by Crippen LogP contribution is 2.55. The van der Waals surface area contributed by atoms with Gasteiger partial charge in [0.2, 0.25) is 5.91 Å². The molecule has 1 saturated heterocycles. The van der Waals surface area contributed by atoms with Gasteiger partial charge in [0.1, 0.15) is 12.4 Å². The summed E-state index contributed by atoms with van der Waals surface area (Å²) in [5.74, 6) is 1.00. The molecule has 1 N–H and O–H groups in total. The van der Waals surface area contributed by atoms with Crippen LogP contribution in [-0.4, -0.2) is 42.3 Å². The zero-order chi connectivity index (χ0) is 21.8. The second kappa shape index (κ2) is 9.23. The normalized spacial score (nSPS) is 20.8. The summed E-state index contributed by atoms with van der Waals surface area (Å²) in [4.78, 5) is 27.1. The van der Waals surface area contributed by atoms with E-state index in [2.05, 4.69) is 10.2 Å². The molecule has 2 aliphatic rings. The zero-order valence-corrected chi connectivity index (χ0v) is 18.5. The predicted molar refractivity (Wildman–Crippen MR) is 121 cm³/mol. The van der Waals surface area contributed by atoms with E-state index in [0.29, 0.717) is 17.6 Å². The van der Waals surface area contributed by atoms with E-state index in [0.717, 1.165) is 30.8 Å². The van der Waals surface area contributed by atoms with Crippen molar-refractivity contribution in [3.05, 3.63) is 65.7 Å². The molecule has 0 bridgehead atoms. The van der Waals surface area contributed by atoms with E-state index in [-0.39, 0.29) is 23.8 Å². The first kappa shape index (κ1) is 21.6. The van der Waals surface area contributed by atoms with Crippen LogP contribution >= 0.6 is 0 Å². The number of hydrogen-bond acceptors (Lipinski definition) is 4. The molecule has 31 heavy (non-hydrogen) atoms. The summed E-state index contributed by atoms with van der Waals surface area (Å²) in [5, 5.41) is 3.21. The van der Waals surface area contributed by atoms with Gasteiger partial charge in [0.05, 0.1) is 12.1 Å². The highest BCUT2D eigenvalue weighted by atomic mass is 16.5. The molecule has 0 aromatic heterocycles. The molecule has 4 rings (SSSR count). The number of amides is 1. The van der Waals surface area contributed by atoms with Crippen molar-refractivity contribution < 1.29 is 14.3 Å². The Balaban J connectivity index is 1.37. The fourth-order valence-corrected chi connectivity index (χ4v) is 4.53. The number of piperidine rings is 1. The molecular weight excluding hydrogens is 388 g/mol. The van der Waals surface area contributed by atoms with Crippen LogP contribution in [0.15, 0.2) is 54.6 Å². The number of ketones is 1. The van der Waals surface area contributed by atoms with Crippen molar-refractivity contribution in [2.75, 3.05) is 19.7 Å². The van der Waals surface area contributed by atoms with E-state index in [1.807, 2.05) is 61.5 Å². The summed E-state index contributed by atoms with van der Waals surface area (Å²) in [6, 6.07) is 17.1. The second-order valence-electron chi connectivity index (χ2n) is 9.08. The number of hydrogen-bond donors (Lipinski definition) is 1. The number of nitrogens with one attached hydrogen (secondary N) is 1. The van der Waals surface area contributed by atoms with E-state index >= 15 is 0 Å². The standard InChI is InChI=1S/C26H32N2O3/c1-19(21-8-10-22(11-9-21)20(2)29)27-25(30)24-18-26(12-13-26)14-15-28(24)16-17-31-23-6-4-3-5-7-23/h3-11,19,24H,12-18H2,1-2H3,(H,27,30)/t19-,24+/m0/s1. The van der Waals surface area contributed by atoms with Gasteiger partial charge in [-0.1, -0.05) is 42.5 Å². The number of benzene rings is 2. The number of carbonyl (C=O) groups excluding carboxylic acids is 2. The number of Topliss-reactive ketones (excluding diaryl/α,β-unsaturated/α-hetero) is 1. The van der Waals surface area contributed by atoms with Gasteiger partial charge in [0.25, 0.3) is 0 Å². The summed E-state index contributed by atoms with van der Waals surface area (Å²) >= 11 is 0. The molecule has 2 aromatic carbocycles. The van der Waals surface area contributed by atoms with Crippen molar-refractivity contribution in [3.63, 3.8) is 0 Å². The molecule has 1 saturated carbocycles. The van der Waals surface area contributed by atoms with Crippen molar-refractivity contribution in [2.45, 2.75) is 51.6 Å². The first-order valence-corrected chi connectivity index (χ1v) is 11.3. The van der Waals surface area contributed by atoms with Crippen LogP contribution in [0, 0.1) is 5.41 Å². The third kappa shape index (κ3) is 5.34. The van der Waals surface area contributed by atoms with E-state index in [1.165, 1.54) is 19.3 Å². The molecule has 5 heteroatoms. The molecule has 1 heterocycles. The lowest BCUT2D eigenvalue weighted by Gasteiger charge is -2.39. The summed E-state index contributed by atoms with van der Waals surface area (Å²) in [5.41, 5.74) is 2.08. The van der Waals surface area contributed by atoms with Crippen LogP contribution in [0.25, 0.3) is 0 Å². The van der Waals surface area contributed by atoms with Gasteiger partial charge in [-0.25, -0.2) is 0 Å². The minimum Gasteiger partial charge on any atom is -0.492 e. The van der Waals surface area contributed by atoms with Gasteiger partial charge >= 0.3 is 0 Å². The van der Waals surface area contributed by atoms with Crippen LogP contribution in [0.5, 0.6) is 5.75 Å². The number of nitrogens with zero attached hydrogens (tertiary/aromatic N) is 1. The predicted octanol–water partition coefficient (Wildman–Crippen LogP) is 4.39. The van der Waals surface area contributed by atoms with Gasteiger partial charge < -0.3 is 10.1 Å². The number of carbonyl (C=O) groups is 2. The van der Waals surface area contributed by atoms with Crippen LogP contribution in [-0.2, 0) is 4.79 Å². The lowest BCUT2D eigenvalue weighted by atomic mass is 9.87. The van der Waals surface area contributed by atoms with Crippen LogP contribution in [0.1, 0.15) is 61.5 Å². The maximum absolute atomic E-state index is 13.3. The molecule has 1 aliphatic heterocycles. The highest BCUT2D eigenvalue weighted by Gasteiger charge is 2.49. The van der Waals surface area contributed by atoms with Gasteiger partial charge in [-0.3, -0.25) is 14.5 Å². The monoisotopic (exact) mass is 420 g/mol. The molecule has 2 atom stereocenters.